The third kappa shape index (κ3) is 4.57. The fourth-order valence-electron chi connectivity index (χ4n) is 4.30. The summed E-state index contributed by atoms with van der Waals surface area (Å²) in [6, 6.07) is 15.5. The number of piperidine rings is 1. The molecule has 178 valence electrons. The summed E-state index contributed by atoms with van der Waals surface area (Å²) in [6.07, 6.45) is 2.66. The van der Waals surface area contributed by atoms with Gasteiger partial charge >= 0.3 is 5.97 Å². The van der Waals surface area contributed by atoms with Gasteiger partial charge in [0.15, 0.2) is 11.6 Å². The molecule has 4 aromatic rings. The van der Waals surface area contributed by atoms with E-state index in [-0.39, 0.29) is 36.2 Å². The monoisotopic (exact) mass is 475 g/mol. The molecule has 1 aliphatic heterocycles. The van der Waals surface area contributed by atoms with Gasteiger partial charge in [0, 0.05) is 13.1 Å². The quantitative estimate of drug-likeness (QED) is 0.409. The molecule has 3 heterocycles. The number of rotatable bonds is 5. The third-order valence-corrected chi connectivity index (χ3v) is 6.05. The lowest BCUT2D eigenvalue weighted by Crippen LogP contribution is -2.42. The number of carbonyl (C=O) groups excluding carboxylic acids is 2. The molecule has 5 rings (SSSR count). The van der Waals surface area contributed by atoms with Crippen LogP contribution in [0.1, 0.15) is 29.2 Å². The van der Waals surface area contributed by atoms with Gasteiger partial charge in [-0.3, -0.25) is 19.0 Å². The van der Waals surface area contributed by atoms with Crippen molar-refractivity contribution in [3.63, 3.8) is 0 Å². The van der Waals surface area contributed by atoms with Crippen molar-refractivity contribution in [3.8, 4) is 5.69 Å². The molecule has 35 heavy (non-hydrogen) atoms. The number of carbonyl (C=O) groups is 2. The highest BCUT2D eigenvalue weighted by atomic mass is 19.1. The maximum Gasteiger partial charge on any atom is 0.311 e. The number of benzene rings is 2. The lowest BCUT2D eigenvalue weighted by atomic mass is 9.98. The largest absolute Gasteiger partial charge is 0.459 e. The molecule has 0 aliphatic carbocycles. The molecular formula is C26H22FN3O5. The van der Waals surface area contributed by atoms with Crippen molar-refractivity contribution in [2.75, 3.05) is 13.1 Å². The Kier molecular flexibility index (Phi) is 6.13. The van der Waals surface area contributed by atoms with Gasteiger partial charge in [-0.1, -0.05) is 12.1 Å². The Labute approximate surface area is 199 Å². The number of nitrogens with zero attached hydrogens (tertiary/aromatic N) is 3. The van der Waals surface area contributed by atoms with Gasteiger partial charge in [0.2, 0.25) is 0 Å². The smallest absolute Gasteiger partial charge is 0.311 e. The molecule has 2 aromatic heterocycles. The number of fused-ring (bicyclic) bond motifs is 1. The Hall–Kier alpha value is -4.27. The van der Waals surface area contributed by atoms with Crippen LogP contribution in [0.25, 0.3) is 16.6 Å². The van der Waals surface area contributed by atoms with Gasteiger partial charge in [0.25, 0.3) is 11.5 Å². The van der Waals surface area contributed by atoms with Gasteiger partial charge in [-0.2, -0.15) is 0 Å². The molecule has 2 aromatic carbocycles. The zero-order valence-corrected chi connectivity index (χ0v) is 18.7. The Bertz CT molecular complexity index is 1430. The number of halogens is 1. The fourth-order valence-corrected chi connectivity index (χ4v) is 4.30. The third-order valence-electron chi connectivity index (χ3n) is 6.05. The summed E-state index contributed by atoms with van der Waals surface area (Å²) in [5, 5.41) is 0.395. The summed E-state index contributed by atoms with van der Waals surface area (Å²) in [5.74, 6) is -1.25. The first-order chi connectivity index (χ1) is 17.0. The zero-order valence-electron chi connectivity index (χ0n) is 18.7. The van der Waals surface area contributed by atoms with E-state index in [9.17, 15) is 18.8 Å². The van der Waals surface area contributed by atoms with E-state index in [1.165, 1.54) is 35.1 Å². The van der Waals surface area contributed by atoms with Crippen LogP contribution in [-0.2, 0) is 16.1 Å². The van der Waals surface area contributed by atoms with Crippen LogP contribution in [0.5, 0.6) is 0 Å². The molecule has 1 fully saturated rings. The highest BCUT2D eigenvalue weighted by Gasteiger charge is 2.31. The van der Waals surface area contributed by atoms with E-state index in [4.69, 9.17) is 9.15 Å². The van der Waals surface area contributed by atoms with Gasteiger partial charge in [0.05, 0.1) is 28.8 Å². The van der Waals surface area contributed by atoms with Gasteiger partial charge in [-0.15, -0.1) is 0 Å². The SMILES string of the molecule is O=C(OCc1nc2ccccc2c(=O)n1-c1ccc(F)cc1)[C@H]1CCCN(C(=O)c2ccco2)C1. The van der Waals surface area contributed by atoms with Crippen molar-refractivity contribution >= 4 is 22.8 Å². The molecule has 0 radical (unpaired) electrons. The minimum atomic E-state index is -0.505. The number of amides is 1. The first-order valence-electron chi connectivity index (χ1n) is 11.3. The highest BCUT2D eigenvalue weighted by Crippen LogP contribution is 2.21. The second-order valence-corrected chi connectivity index (χ2v) is 8.34. The molecule has 1 atom stereocenters. The minimum absolute atomic E-state index is 0.216. The lowest BCUT2D eigenvalue weighted by Gasteiger charge is -2.31. The minimum Gasteiger partial charge on any atom is -0.459 e. The number of likely N-dealkylation sites (tertiary alicyclic amines) is 1. The summed E-state index contributed by atoms with van der Waals surface area (Å²) in [7, 11) is 0. The Morgan fingerprint density at radius 3 is 2.66 bits per heavy atom. The molecular weight excluding hydrogens is 453 g/mol. The van der Waals surface area contributed by atoms with Crippen LogP contribution in [-0.4, -0.2) is 39.4 Å². The first kappa shape index (κ1) is 22.5. The molecule has 1 saturated heterocycles. The van der Waals surface area contributed by atoms with E-state index in [0.717, 1.165) is 0 Å². The molecule has 0 saturated carbocycles. The number of furan rings is 1. The predicted octanol–water partition coefficient (Wildman–Crippen LogP) is 3.71. The van der Waals surface area contributed by atoms with Crippen molar-refractivity contribution in [2.45, 2.75) is 19.4 Å². The number of para-hydroxylation sites is 1. The van der Waals surface area contributed by atoms with E-state index < -0.39 is 17.7 Å². The number of hydrogen-bond acceptors (Lipinski definition) is 6. The van der Waals surface area contributed by atoms with Crippen LogP contribution < -0.4 is 5.56 Å². The zero-order chi connectivity index (χ0) is 24.4. The van der Waals surface area contributed by atoms with Crippen LogP contribution >= 0.6 is 0 Å². The number of hydrogen-bond donors (Lipinski definition) is 0. The van der Waals surface area contributed by atoms with Crippen molar-refractivity contribution in [2.24, 2.45) is 5.92 Å². The van der Waals surface area contributed by atoms with Crippen molar-refractivity contribution < 1.29 is 23.1 Å². The normalized spacial score (nSPS) is 15.8. The second-order valence-electron chi connectivity index (χ2n) is 8.34. The molecule has 0 bridgehead atoms. The maximum atomic E-state index is 13.5. The van der Waals surface area contributed by atoms with Crippen molar-refractivity contribution in [1.29, 1.82) is 0 Å². The van der Waals surface area contributed by atoms with Crippen LogP contribution in [0.4, 0.5) is 4.39 Å². The summed E-state index contributed by atoms with van der Waals surface area (Å²) in [5.41, 5.74) is 0.532. The van der Waals surface area contributed by atoms with Crippen molar-refractivity contribution in [1.82, 2.24) is 14.5 Å². The van der Waals surface area contributed by atoms with Gasteiger partial charge in [0.1, 0.15) is 12.4 Å². The Morgan fingerprint density at radius 1 is 1.09 bits per heavy atom. The van der Waals surface area contributed by atoms with Crippen LogP contribution in [0.3, 0.4) is 0 Å². The van der Waals surface area contributed by atoms with Crippen LogP contribution in [0, 0.1) is 11.7 Å². The fraction of sp³-hybridized carbons (Fsp3) is 0.231. The topological polar surface area (TPSA) is 94.6 Å². The molecule has 0 spiro atoms. The molecule has 9 heteroatoms. The molecule has 0 unspecified atom stereocenters. The predicted molar refractivity (Wildman–Crippen MR) is 124 cm³/mol. The maximum absolute atomic E-state index is 13.5. The highest BCUT2D eigenvalue weighted by molar-refractivity contribution is 5.92. The standard InChI is InChI=1S/C26H22FN3O5/c27-18-9-11-19(12-10-18)30-23(28-21-7-2-1-6-20(21)24(30)31)16-35-26(33)17-5-3-13-29(15-17)25(32)22-8-4-14-34-22/h1-2,4,6-12,14,17H,3,5,13,15-16H2/t17-/m0/s1. The van der Waals surface area contributed by atoms with E-state index in [2.05, 4.69) is 4.98 Å². The van der Waals surface area contributed by atoms with Crippen molar-refractivity contribution in [3.05, 3.63) is 94.7 Å². The second kappa shape index (κ2) is 9.54. The summed E-state index contributed by atoms with van der Waals surface area (Å²) in [6.45, 7) is 0.493. The molecule has 1 amide bonds. The Balaban J connectivity index is 1.38. The van der Waals surface area contributed by atoms with Gasteiger partial charge in [-0.25, -0.2) is 9.37 Å². The number of esters is 1. The Morgan fingerprint density at radius 2 is 1.89 bits per heavy atom. The molecule has 0 N–H and O–H groups in total. The summed E-state index contributed by atoms with van der Waals surface area (Å²) < 4.78 is 25.6. The van der Waals surface area contributed by atoms with Gasteiger partial charge in [-0.05, 0) is 61.4 Å². The molecule has 8 nitrogen and oxygen atoms in total. The van der Waals surface area contributed by atoms with Crippen LogP contribution in [0.15, 0.2) is 76.1 Å². The number of aromatic nitrogens is 2. The molecule has 1 aliphatic rings. The van der Waals surface area contributed by atoms with E-state index in [1.807, 2.05) is 0 Å². The van der Waals surface area contributed by atoms with E-state index >= 15 is 0 Å². The summed E-state index contributed by atoms with van der Waals surface area (Å²) in [4.78, 5) is 44.9. The van der Waals surface area contributed by atoms with Crippen LogP contribution in [0.2, 0.25) is 0 Å². The lowest BCUT2D eigenvalue weighted by molar-refractivity contribution is -0.151. The van der Waals surface area contributed by atoms with Gasteiger partial charge < -0.3 is 14.1 Å². The first-order valence-corrected chi connectivity index (χ1v) is 11.3. The average Bonchev–Trinajstić information content (AvgIpc) is 3.43. The number of ether oxygens (including phenoxy) is 1. The average molecular weight is 475 g/mol. The van der Waals surface area contributed by atoms with E-state index in [1.54, 1.807) is 41.3 Å². The van der Waals surface area contributed by atoms with E-state index in [0.29, 0.717) is 36.0 Å². The summed E-state index contributed by atoms with van der Waals surface area (Å²) >= 11 is 0.